The fraction of sp³-hybridized carbons (Fsp3) is 0.0455. The summed E-state index contributed by atoms with van der Waals surface area (Å²) in [5.74, 6) is 0. The molecule has 0 unspecified atom stereocenters. The van der Waals surface area contributed by atoms with Crippen LogP contribution in [0.1, 0.15) is 5.69 Å². The molecule has 35 heavy (non-hydrogen) atoms. The van der Waals surface area contributed by atoms with E-state index in [4.69, 9.17) is 0 Å². The SMILES string of the molecule is Cc1c(Sc2ccc([N+](=O)[O-])cc2)c(=O)n(-c2ccccc2)n1S(=O)(=O)c1ccccc1[N+](=O)[O-]. The molecule has 4 rings (SSSR count). The van der Waals surface area contributed by atoms with Gasteiger partial charge in [-0.2, -0.15) is 12.5 Å². The number of benzene rings is 3. The third-order valence-corrected chi connectivity index (χ3v) is 8.00. The summed E-state index contributed by atoms with van der Waals surface area (Å²) in [5.41, 5.74) is -1.17. The largest absolute Gasteiger partial charge is 0.289 e. The van der Waals surface area contributed by atoms with Gasteiger partial charge >= 0.3 is 0 Å². The van der Waals surface area contributed by atoms with Crippen molar-refractivity contribution in [2.24, 2.45) is 0 Å². The van der Waals surface area contributed by atoms with Crippen LogP contribution in [0.25, 0.3) is 5.69 Å². The highest BCUT2D eigenvalue weighted by Crippen LogP contribution is 2.33. The molecule has 0 saturated carbocycles. The molecule has 1 heterocycles. The number of non-ortho nitro benzene ring substituents is 1. The number of rotatable bonds is 7. The Morgan fingerprint density at radius 3 is 2.03 bits per heavy atom. The van der Waals surface area contributed by atoms with Gasteiger partial charge in [0.2, 0.25) is 0 Å². The summed E-state index contributed by atoms with van der Waals surface area (Å²) in [4.78, 5) is 34.6. The molecule has 0 fully saturated rings. The van der Waals surface area contributed by atoms with Gasteiger partial charge in [-0.25, -0.2) is 4.68 Å². The lowest BCUT2D eigenvalue weighted by molar-refractivity contribution is -0.387. The van der Waals surface area contributed by atoms with Gasteiger partial charge in [-0.15, -0.1) is 0 Å². The lowest BCUT2D eigenvalue weighted by Gasteiger charge is -2.14. The highest BCUT2D eigenvalue weighted by molar-refractivity contribution is 7.99. The molecule has 0 aliphatic rings. The van der Waals surface area contributed by atoms with Gasteiger partial charge in [0, 0.05) is 23.1 Å². The van der Waals surface area contributed by atoms with Gasteiger partial charge in [0.15, 0.2) is 4.90 Å². The Morgan fingerprint density at radius 1 is 0.829 bits per heavy atom. The molecule has 0 N–H and O–H groups in total. The summed E-state index contributed by atoms with van der Waals surface area (Å²) < 4.78 is 29.1. The third kappa shape index (κ3) is 4.34. The predicted octanol–water partition coefficient (Wildman–Crippen LogP) is 4.15. The lowest BCUT2D eigenvalue weighted by Crippen LogP contribution is -2.27. The Balaban J connectivity index is 1.96. The number of hydrogen-bond acceptors (Lipinski definition) is 8. The van der Waals surface area contributed by atoms with Crippen LogP contribution < -0.4 is 5.56 Å². The van der Waals surface area contributed by atoms with Gasteiger partial charge in [0.25, 0.3) is 27.0 Å². The Kier molecular flexibility index (Phi) is 6.28. The zero-order valence-corrected chi connectivity index (χ0v) is 19.6. The summed E-state index contributed by atoms with van der Waals surface area (Å²) in [6.45, 7) is 1.42. The highest BCUT2D eigenvalue weighted by atomic mass is 32.2. The molecule has 0 atom stereocenters. The standard InChI is InChI=1S/C22H16N4O7S2/c1-15-21(34-18-13-11-17(12-14-18)25(28)29)22(27)23(16-7-3-2-4-8-16)24(15)35(32,33)20-10-6-5-9-19(20)26(30)31/h2-14H,1H3. The zero-order chi connectivity index (χ0) is 25.3. The van der Waals surface area contributed by atoms with E-state index in [1.807, 2.05) is 0 Å². The first-order valence-corrected chi connectivity index (χ1v) is 12.2. The second kappa shape index (κ2) is 9.19. The van der Waals surface area contributed by atoms with E-state index in [1.165, 1.54) is 55.5 Å². The molecular weight excluding hydrogens is 496 g/mol. The van der Waals surface area contributed by atoms with Crippen molar-refractivity contribution in [3.8, 4) is 5.69 Å². The topological polar surface area (TPSA) is 147 Å². The minimum absolute atomic E-state index is 0.0281. The fourth-order valence-corrected chi connectivity index (χ4v) is 6.09. The Bertz CT molecular complexity index is 1610. The molecule has 0 aliphatic carbocycles. The first kappa shape index (κ1) is 23.9. The van der Waals surface area contributed by atoms with E-state index < -0.39 is 36.0 Å². The van der Waals surface area contributed by atoms with Gasteiger partial charge in [0.05, 0.1) is 21.2 Å². The quantitative estimate of drug-likeness (QED) is 0.265. The maximum Gasteiger partial charge on any atom is 0.289 e. The molecule has 0 aliphatic heterocycles. The van der Waals surface area contributed by atoms with Crippen LogP contribution >= 0.6 is 11.8 Å². The number of nitro benzene ring substituents is 2. The van der Waals surface area contributed by atoms with Crippen LogP contribution in [-0.4, -0.2) is 27.0 Å². The van der Waals surface area contributed by atoms with Gasteiger partial charge in [0.1, 0.15) is 4.90 Å². The van der Waals surface area contributed by atoms with Crippen LogP contribution in [0.5, 0.6) is 0 Å². The second-order valence-corrected chi connectivity index (χ2v) is 10.0. The van der Waals surface area contributed by atoms with Crippen LogP contribution in [0.4, 0.5) is 11.4 Å². The van der Waals surface area contributed by atoms with Gasteiger partial charge in [-0.1, -0.05) is 42.1 Å². The first-order chi connectivity index (χ1) is 16.6. The van der Waals surface area contributed by atoms with Crippen LogP contribution in [-0.2, 0) is 10.0 Å². The molecule has 0 radical (unpaired) electrons. The predicted molar refractivity (Wildman–Crippen MR) is 128 cm³/mol. The average Bonchev–Trinajstić information content (AvgIpc) is 3.10. The summed E-state index contributed by atoms with van der Waals surface area (Å²) >= 11 is 0.938. The minimum Gasteiger partial charge on any atom is -0.266 e. The van der Waals surface area contributed by atoms with E-state index in [1.54, 1.807) is 18.2 Å². The van der Waals surface area contributed by atoms with E-state index in [2.05, 4.69) is 0 Å². The van der Waals surface area contributed by atoms with Crippen molar-refractivity contribution in [1.29, 1.82) is 0 Å². The van der Waals surface area contributed by atoms with Gasteiger partial charge < -0.3 is 0 Å². The van der Waals surface area contributed by atoms with Gasteiger partial charge in [-0.05, 0) is 37.3 Å². The second-order valence-electron chi connectivity index (χ2n) is 7.19. The maximum atomic E-state index is 13.7. The summed E-state index contributed by atoms with van der Waals surface area (Å²) in [6.07, 6.45) is 0. The highest BCUT2D eigenvalue weighted by Gasteiger charge is 2.33. The summed E-state index contributed by atoms with van der Waals surface area (Å²) in [6, 6.07) is 18.3. The van der Waals surface area contributed by atoms with Crippen molar-refractivity contribution in [2.75, 3.05) is 0 Å². The molecule has 11 nitrogen and oxygen atoms in total. The maximum absolute atomic E-state index is 13.7. The number of nitrogens with zero attached hydrogens (tertiary/aromatic N) is 4. The molecular formula is C22H16N4O7S2. The Morgan fingerprint density at radius 2 is 1.43 bits per heavy atom. The summed E-state index contributed by atoms with van der Waals surface area (Å²) in [5, 5.41) is 22.5. The first-order valence-electron chi connectivity index (χ1n) is 9.94. The van der Waals surface area contributed by atoms with E-state index in [0.717, 1.165) is 32.7 Å². The molecule has 4 aromatic rings. The van der Waals surface area contributed by atoms with Crippen molar-refractivity contribution in [3.63, 3.8) is 0 Å². The monoisotopic (exact) mass is 512 g/mol. The van der Waals surface area contributed by atoms with Crippen LogP contribution in [0.15, 0.2) is 98.3 Å². The Hall–Kier alpha value is -4.23. The van der Waals surface area contributed by atoms with E-state index in [9.17, 15) is 33.4 Å². The van der Waals surface area contributed by atoms with E-state index in [0.29, 0.717) is 4.90 Å². The lowest BCUT2D eigenvalue weighted by atomic mass is 10.3. The number of aromatic nitrogens is 2. The molecule has 3 aromatic carbocycles. The number of nitro groups is 2. The number of para-hydroxylation sites is 2. The molecule has 0 amide bonds. The van der Waals surface area contributed by atoms with E-state index >= 15 is 0 Å². The van der Waals surface area contributed by atoms with Crippen LogP contribution in [0.3, 0.4) is 0 Å². The van der Waals surface area contributed by atoms with E-state index in [-0.39, 0.29) is 22.0 Å². The summed E-state index contributed by atoms with van der Waals surface area (Å²) in [7, 11) is -4.60. The van der Waals surface area contributed by atoms with Gasteiger partial charge in [-0.3, -0.25) is 25.0 Å². The molecule has 0 bridgehead atoms. The molecule has 1 aromatic heterocycles. The normalized spacial score (nSPS) is 11.3. The molecule has 0 spiro atoms. The van der Waals surface area contributed by atoms with Crippen molar-refractivity contribution < 1.29 is 18.3 Å². The molecule has 0 saturated heterocycles. The average molecular weight is 513 g/mol. The zero-order valence-electron chi connectivity index (χ0n) is 18.0. The van der Waals surface area contributed by atoms with Crippen molar-refractivity contribution >= 4 is 33.2 Å². The van der Waals surface area contributed by atoms with Crippen LogP contribution in [0, 0.1) is 27.2 Å². The fourth-order valence-electron chi connectivity index (χ4n) is 3.44. The van der Waals surface area contributed by atoms with Crippen molar-refractivity contribution in [3.05, 3.63) is 115 Å². The molecule has 178 valence electrons. The number of hydrogen-bond donors (Lipinski definition) is 0. The van der Waals surface area contributed by atoms with Crippen molar-refractivity contribution in [1.82, 2.24) is 8.77 Å². The van der Waals surface area contributed by atoms with Crippen LogP contribution in [0.2, 0.25) is 0 Å². The molecule has 13 heteroatoms. The Labute approximate surface area is 202 Å². The van der Waals surface area contributed by atoms with Crippen molar-refractivity contribution in [2.45, 2.75) is 21.6 Å². The minimum atomic E-state index is -4.60. The third-order valence-electron chi connectivity index (χ3n) is 5.02. The smallest absolute Gasteiger partial charge is 0.266 e.